The van der Waals surface area contributed by atoms with Gasteiger partial charge in [-0.15, -0.1) is 0 Å². The third-order valence-electron chi connectivity index (χ3n) is 10.3. The van der Waals surface area contributed by atoms with Gasteiger partial charge in [0, 0.05) is 42.4 Å². The lowest BCUT2D eigenvalue weighted by Crippen LogP contribution is -2.51. The summed E-state index contributed by atoms with van der Waals surface area (Å²) in [5, 5.41) is 3.01. The van der Waals surface area contributed by atoms with Gasteiger partial charge in [-0.2, -0.15) is 26.3 Å². The number of hydrogen-bond donors (Lipinski definition) is 1. The highest BCUT2D eigenvalue weighted by Gasteiger charge is 2.68. The molecule has 0 spiro atoms. The highest BCUT2D eigenvalue weighted by atomic mass is 19.4. The Morgan fingerprint density at radius 3 is 2.35 bits per heavy atom. The lowest BCUT2D eigenvalue weighted by atomic mass is 9.70. The number of hydrogen-bond acceptors (Lipinski definition) is 4. The van der Waals surface area contributed by atoms with E-state index in [-0.39, 0.29) is 35.2 Å². The quantitative estimate of drug-likeness (QED) is 0.277. The number of fused-ring (bicyclic) bond motifs is 2. The first kappa shape index (κ1) is 31.4. The van der Waals surface area contributed by atoms with E-state index in [4.69, 9.17) is 9.47 Å². The third kappa shape index (κ3) is 5.33. The molecule has 12 heteroatoms. The lowest BCUT2D eigenvalue weighted by Gasteiger charge is -2.39. The van der Waals surface area contributed by atoms with Crippen LogP contribution in [0.3, 0.4) is 0 Å². The number of aromatic nitrogens is 1. The van der Waals surface area contributed by atoms with Crippen LogP contribution in [0.5, 0.6) is 0 Å². The van der Waals surface area contributed by atoms with Crippen LogP contribution in [-0.2, 0) is 33.2 Å². The lowest BCUT2D eigenvalue weighted by molar-refractivity contribution is -0.155. The molecule has 3 fully saturated rings. The Hall–Kier alpha value is -3.02. The summed E-state index contributed by atoms with van der Waals surface area (Å²) in [6.07, 6.45) is -7.87. The molecule has 3 aliphatic rings. The van der Waals surface area contributed by atoms with Crippen molar-refractivity contribution in [2.24, 2.45) is 16.7 Å². The summed E-state index contributed by atoms with van der Waals surface area (Å²) in [4.78, 5) is 25.9. The summed E-state index contributed by atoms with van der Waals surface area (Å²) in [5.41, 5.74) is -3.66. The minimum atomic E-state index is -4.95. The van der Waals surface area contributed by atoms with E-state index in [0.717, 1.165) is 19.3 Å². The van der Waals surface area contributed by atoms with Crippen molar-refractivity contribution in [1.82, 2.24) is 9.88 Å². The molecule has 5 rings (SSSR count). The maximum absolute atomic E-state index is 14.1. The predicted molar refractivity (Wildman–Crippen MR) is 145 cm³/mol. The zero-order valence-corrected chi connectivity index (χ0v) is 24.7. The van der Waals surface area contributed by atoms with Gasteiger partial charge in [0.25, 0.3) is 5.91 Å². The van der Waals surface area contributed by atoms with E-state index in [9.17, 15) is 35.9 Å². The van der Waals surface area contributed by atoms with Gasteiger partial charge in [-0.05, 0) is 68.2 Å². The molecule has 2 saturated carbocycles. The number of nitrogens with zero attached hydrogens (tertiary/aromatic N) is 1. The molecule has 5 unspecified atom stereocenters. The van der Waals surface area contributed by atoms with Crippen molar-refractivity contribution >= 4 is 11.9 Å². The third-order valence-corrected chi connectivity index (χ3v) is 10.3. The van der Waals surface area contributed by atoms with Crippen LogP contribution in [-0.4, -0.2) is 41.3 Å². The van der Waals surface area contributed by atoms with E-state index in [0.29, 0.717) is 36.9 Å². The number of ether oxygens (including phenoxy) is 2. The molecule has 43 heavy (non-hydrogen) atoms. The average molecular weight is 615 g/mol. The van der Waals surface area contributed by atoms with E-state index in [1.54, 1.807) is 6.92 Å². The molecule has 0 radical (unpaired) electrons. The fraction of sp³-hybridized carbons (Fsp3) is 0.613. The van der Waals surface area contributed by atoms with Crippen molar-refractivity contribution in [3.05, 3.63) is 46.6 Å². The molecular formula is C31H36F6N2O4. The first-order chi connectivity index (χ1) is 19.9. The van der Waals surface area contributed by atoms with Crippen LogP contribution >= 0.6 is 0 Å². The fourth-order valence-electron chi connectivity index (χ4n) is 7.60. The SMILES string of the molecule is CC(=O)OC1C(NC(=O)c2cc(-c3cc(C(F)(F)F)ccc3C(F)(F)F)n(CC3CCCO3)c2C)C2CCC1(C)C2(C)C. The second-order valence-corrected chi connectivity index (χ2v) is 12.8. The minimum absolute atomic E-state index is 0.0279. The van der Waals surface area contributed by atoms with Gasteiger partial charge in [0.05, 0.1) is 28.8 Å². The first-order valence-electron chi connectivity index (χ1n) is 14.4. The Morgan fingerprint density at radius 1 is 1.07 bits per heavy atom. The second kappa shape index (κ2) is 10.6. The number of carbonyl (C=O) groups is 2. The Morgan fingerprint density at radius 2 is 1.77 bits per heavy atom. The molecule has 6 nitrogen and oxygen atoms in total. The highest BCUT2D eigenvalue weighted by Crippen LogP contribution is 2.66. The molecule has 1 aromatic carbocycles. The number of benzene rings is 1. The zero-order chi connectivity index (χ0) is 31.7. The van der Waals surface area contributed by atoms with Crippen molar-refractivity contribution in [2.45, 2.75) is 97.4 Å². The van der Waals surface area contributed by atoms with E-state index >= 15 is 0 Å². The van der Waals surface area contributed by atoms with Crippen LogP contribution in [0.2, 0.25) is 0 Å². The highest BCUT2D eigenvalue weighted by molar-refractivity contribution is 5.97. The summed E-state index contributed by atoms with van der Waals surface area (Å²) in [7, 11) is 0. The van der Waals surface area contributed by atoms with E-state index in [1.807, 2.05) is 6.92 Å². The zero-order valence-electron chi connectivity index (χ0n) is 24.7. The van der Waals surface area contributed by atoms with E-state index in [2.05, 4.69) is 19.2 Å². The molecule has 2 heterocycles. The normalized spacial score (nSPS) is 28.3. The van der Waals surface area contributed by atoms with Crippen molar-refractivity contribution in [1.29, 1.82) is 0 Å². The first-order valence-corrected chi connectivity index (χ1v) is 14.4. The van der Waals surface area contributed by atoms with Crippen LogP contribution in [0.1, 0.15) is 80.6 Å². The van der Waals surface area contributed by atoms with Crippen LogP contribution < -0.4 is 5.32 Å². The van der Waals surface area contributed by atoms with Gasteiger partial charge < -0.3 is 19.4 Å². The molecule has 1 aromatic heterocycles. The molecule has 2 aromatic rings. The Bertz CT molecular complexity index is 1420. The van der Waals surface area contributed by atoms with Gasteiger partial charge in [-0.3, -0.25) is 9.59 Å². The molecule has 2 bridgehead atoms. The molecule has 236 valence electrons. The largest absolute Gasteiger partial charge is 0.460 e. The number of amides is 1. The standard InChI is InChI=1S/C31H36F6N2O4/c1-16-20(27(41)38-25-23-10-11-29(5,28(23,3)4)26(25)43-17(2)40)14-24(39(16)15-19-7-6-12-42-19)21-13-18(30(32,33)34)8-9-22(21)31(35,36)37/h8-9,13-14,19,23,25-26H,6-7,10-12,15H2,1-5H3,(H,38,41). The summed E-state index contributed by atoms with van der Waals surface area (Å²) in [6, 6.07) is 2.01. The number of esters is 1. The van der Waals surface area contributed by atoms with Gasteiger partial charge in [0.15, 0.2) is 0 Å². The topological polar surface area (TPSA) is 69.6 Å². The second-order valence-electron chi connectivity index (χ2n) is 12.8. The van der Waals surface area contributed by atoms with Crippen molar-refractivity contribution in [3.63, 3.8) is 0 Å². The van der Waals surface area contributed by atoms with Gasteiger partial charge in [-0.1, -0.05) is 20.8 Å². The Labute approximate surface area is 246 Å². The summed E-state index contributed by atoms with van der Waals surface area (Å²) in [5.74, 6) is -1.11. The van der Waals surface area contributed by atoms with Gasteiger partial charge in [0.1, 0.15) is 6.10 Å². The smallest absolute Gasteiger partial charge is 0.417 e. The molecular weight excluding hydrogens is 578 g/mol. The van der Waals surface area contributed by atoms with Crippen LogP contribution in [0.15, 0.2) is 24.3 Å². The number of nitrogens with one attached hydrogen (secondary N) is 1. The minimum Gasteiger partial charge on any atom is -0.460 e. The maximum Gasteiger partial charge on any atom is 0.417 e. The van der Waals surface area contributed by atoms with Gasteiger partial charge >= 0.3 is 18.3 Å². The Kier molecular flexibility index (Phi) is 7.71. The Balaban J connectivity index is 1.60. The number of rotatable bonds is 6. The number of halogens is 6. The fourth-order valence-corrected chi connectivity index (χ4v) is 7.60. The van der Waals surface area contributed by atoms with Gasteiger partial charge in [-0.25, -0.2) is 0 Å². The average Bonchev–Trinajstić information content (AvgIpc) is 3.60. The summed E-state index contributed by atoms with van der Waals surface area (Å²) >= 11 is 0. The molecule has 1 aliphatic heterocycles. The van der Waals surface area contributed by atoms with Crippen molar-refractivity contribution in [2.75, 3.05) is 6.61 Å². The van der Waals surface area contributed by atoms with Crippen molar-refractivity contribution < 1.29 is 45.4 Å². The van der Waals surface area contributed by atoms with Crippen LogP contribution in [0.25, 0.3) is 11.3 Å². The summed E-state index contributed by atoms with van der Waals surface area (Å²) < 4.78 is 96.3. The maximum atomic E-state index is 14.1. The van der Waals surface area contributed by atoms with Crippen LogP contribution in [0.4, 0.5) is 26.3 Å². The molecule has 1 amide bonds. The molecule has 1 N–H and O–H groups in total. The molecule has 5 atom stereocenters. The van der Waals surface area contributed by atoms with Gasteiger partial charge in [0.2, 0.25) is 0 Å². The number of alkyl halides is 6. The van der Waals surface area contributed by atoms with Crippen LogP contribution in [0, 0.1) is 23.7 Å². The van der Waals surface area contributed by atoms with E-state index < -0.39 is 58.5 Å². The van der Waals surface area contributed by atoms with Crippen molar-refractivity contribution in [3.8, 4) is 11.3 Å². The number of carbonyl (C=O) groups excluding carboxylic acids is 2. The predicted octanol–water partition coefficient (Wildman–Crippen LogP) is 7.17. The monoisotopic (exact) mass is 614 g/mol. The molecule has 2 aliphatic carbocycles. The van der Waals surface area contributed by atoms with E-state index in [1.165, 1.54) is 17.6 Å². The summed E-state index contributed by atoms with van der Waals surface area (Å²) in [6.45, 7) is 9.55. The molecule has 1 saturated heterocycles.